The first-order valence-electron chi connectivity index (χ1n) is 7.00. The molecular weight excluding hydrogens is 238 g/mol. The van der Waals surface area contributed by atoms with Crippen LogP contribution in [0, 0.1) is 5.92 Å². The molecule has 2 N–H and O–H groups in total. The van der Waals surface area contributed by atoms with Gasteiger partial charge in [-0.25, -0.2) is 0 Å². The van der Waals surface area contributed by atoms with E-state index >= 15 is 0 Å². The Kier molecular flexibility index (Phi) is 6.50. The molecule has 0 bridgehead atoms. The smallest absolute Gasteiger partial charge is 0.227 e. The summed E-state index contributed by atoms with van der Waals surface area (Å²) in [6.45, 7) is 7.10. The Morgan fingerprint density at radius 3 is 2.63 bits per heavy atom. The van der Waals surface area contributed by atoms with Crippen LogP contribution >= 0.6 is 0 Å². The lowest BCUT2D eigenvalue weighted by atomic mass is 10.0. The molecule has 1 amide bonds. The maximum Gasteiger partial charge on any atom is 0.227 e. The molecule has 1 rings (SSSR count). The maximum absolute atomic E-state index is 12.5. The van der Waals surface area contributed by atoms with Crippen molar-refractivity contribution in [3.05, 3.63) is 30.1 Å². The van der Waals surface area contributed by atoms with Crippen LogP contribution in [-0.2, 0) is 11.3 Å². The molecule has 0 aliphatic heterocycles. The molecule has 1 heterocycles. The quantitative estimate of drug-likeness (QED) is 0.820. The van der Waals surface area contributed by atoms with Gasteiger partial charge in [0.15, 0.2) is 0 Å². The van der Waals surface area contributed by atoms with Crippen LogP contribution < -0.4 is 5.73 Å². The van der Waals surface area contributed by atoms with E-state index in [2.05, 4.69) is 11.9 Å². The molecule has 1 unspecified atom stereocenters. The van der Waals surface area contributed by atoms with Gasteiger partial charge in [0, 0.05) is 18.8 Å². The summed E-state index contributed by atoms with van der Waals surface area (Å²) in [6.07, 6.45) is 3.58. The summed E-state index contributed by atoms with van der Waals surface area (Å²) in [5.41, 5.74) is 6.64. The van der Waals surface area contributed by atoms with Crippen LogP contribution in [0.5, 0.6) is 0 Å². The van der Waals surface area contributed by atoms with Gasteiger partial charge < -0.3 is 10.6 Å². The monoisotopic (exact) mass is 263 g/mol. The molecule has 1 aromatic rings. The molecule has 106 valence electrons. The third-order valence-corrected chi connectivity index (χ3v) is 3.24. The van der Waals surface area contributed by atoms with E-state index in [4.69, 9.17) is 5.73 Å². The summed E-state index contributed by atoms with van der Waals surface area (Å²) in [4.78, 5) is 18.7. The lowest BCUT2D eigenvalue weighted by molar-refractivity contribution is -0.138. The number of carbonyl (C=O) groups is 1. The van der Waals surface area contributed by atoms with E-state index in [1.807, 2.05) is 36.9 Å². The zero-order valence-corrected chi connectivity index (χ0v) is 12.2. The molecule has 19 heavy (non-hydrogen) atoms. The summed E-state index contributed by atoms with van der Waals surface area (Å²) in [5, 5.41) is 0. The second-order valence-corrected chi connectivity index (χ2v) is 5.10. The molecule has 0 saturated heterocycles. The molecule has 4 heteroatoms. The van der Waals surface area contributed by atoms with Gasteiger partial charge in [-0.05, 0) is 32.4 Å². The number of aromatic nitrogens is 1. The van der Waals surface area contributed by atoms with Gasteiger partial charge in [-0.2, -0.15) is 0 Å². The number of pyridine rings is 1. The zero-order chi connectivity index (χ0) is 14.3. The number of nitrogens with zero attached hydrogens (tertiary/aromatic N) is 2. The van der Waals surface area contributed by atoms with Crippen LogP contribution in [0.1, 0.15) is 39.3 Å². The number of rotatable bonds is 7. The minimum absolute atomic E-state index is 0.0730. The largest absolute Gasteiger partial charge is 0.334 e. The topological polar surface area (TPSA) is 59.2 Å². The van der Waals surface area contributed by atoms with Crippen molar-refractivity contribution in [1.82, 2.24) is 9.88 Å². The molecule has 4 nitrogen and oxygen atoms in total. The molecule has 0 radical (unpaired) electrons. The Hall–Kier alpha value is -1.42. The van der Waals surface area contributed by atoms with E-state index in [0.717, 1.165) is 18.5 Å². The molecule has 1 atom stereocenters. The molecule has 0 aliphatic carbocycles. The number of amides is 1. The van der Waals surface area contributed by atoms with Crippen LogP contribution in [0.15, 0.2) is 24.4 Å². The van der Waals surface area contributed by atoms with Crippen molar-refractivity contribution in [3.8, 4) is 0 Å². The molecule has 0 aromatic carbocycles. The highest BCUT2D eigenvalue weighted by atomic mass is 16.2. The van der Waals surface area contributed by atoms with Crippen molar-refractivity contribution in [1.29, 1.82) is 0 Å². The zero-order valence-electron chi connectivity index (χ0n) is 12.2. The van der Waals surface area contributed by atoms with Crippen molar-refractivity contribution in [2.24, 2.45) is 11.7 Å². The van der Waals surface area contributed by atoms with Crippen LogP contribution in [0.4, 0.5) is 0 Å². The Bertz CT molecular complexity index is 378. The fourth-order valence-corrected chi connectivity index (χ4v) is 2.11. The van der Waals surface area contributed by atoms with Crippen molar-refractivity contribution in [2.75, 3.05) is 6.54 Å². The number of hydrogen-bond donors (Lipinski definition) is 1. The van der Waals surface area contributed by atoms with Gasteiger partial charge in [-0.3, -0.25) is 9.78 Å². The standard InChI is InChI=1S/C15H25N3O/c1-4-7-13(10-16)15(19)18(12(2)3)11-14-8-5-6-9-17-14/h5-6,8-9,12-13H,4,7,10-11,16H2,1-3H3. The molecule has 0 aliphatic rings. The van der Waals surface area contributed by atoms with Gasteiger partial charge in [0.1, 0.15) is 0 Å². The third-order valence-electron chi connectivity index (χ3n) is 3.24. The van der Waals surface area contributed by atoms with Crippen molar-refractivity contribution in [3.63, 3.8) is 0 Å². The van der Waals surface area contributed by atoms with Gasteiger partial charge >= 0.3 is 0 Å². The molecular formula is C15H25N3O. The lowest BCUT2D eigenvalue weighted by Crippen LogP contribution is -2.42. The average Bonchev–Trinajstić information content (AvgIpc) is 2.42. The Labute approximate surface area is 116 Å². The fourth-order valence-electron chi connectivity index (χ4n) is 2.11. The van der Waals surface area contributed by atoms with E-state index in [1.165, 1.54) is 0 Å². The first-order valence-corrected chi connectivity index (χ1v) is 7.00. The summed E-state index contributed by atoms with van der Waals surface area (Å²) < 4.78 is 0. The molecule has 0 saturated carbocycles. The van der Waals surface area contributed by atoms with E-state index < -0.39 is 0 Å². The minimum atomic E-state index is -0.0730. The first-order chi connectivity index (χ1) is 9.10. The Morgan fingerprint density at radius 2 is 2.16 bits per heavy atom. The highest BCUT2D eigenvalue weighted by Crippen LogP contribution is 2.14. The Balaban J connectivity index is 2.79. The van der Waals surface area contributed by atoms with Gasteiger partial charge in [0.25, 0.3) is 0 Å². The molecule has 0 spiro atoms. The normalized spacial score (nSPS) is 12.5. The van der Waals surface area contributed by atoms with Crippen LogP contribution in [0.2, 0.25) is 0 Å². The van der Waals surface area contributed by atoms with Gasteiger partial charge in [-0.1, -0.05) is 19.4 Å². The molecule has 0 fully saturated rings. The summed E-state index contributed by atoms with van der Waals surface area (Å²) in [6, 6.07) is 5.92. The Morgan fingerprint density at radius 1 is 1.42 bits per heavy atom. The first kappa shape index (κ1) is 15.6. The third kappa shape index (κ3) is 4.63. The van der Waals surface area contributed by atoms with Gasteiger partial charge in [0.05, 0.1) is 18.2 Å². The fraction of sp³-hybridized carbons (Fsp3) is 0.600. The van der Waals surface area contributed by atoms with Gasteiger partial charge in [0.2, 0.25) is 5.91 Å². The highest BCUT2D eigenvalue weighted by molar-refractivity contribution is 5.79. The van der Waals surface area contributed by atoms with E-state index in [0.29, 0.717) is 13.1 Å². The lowest BCUT2D eigenvalue weighted by Gasteiger charge is -2.30. The predicted molar refractivity (Wildman–Crippen MR) is 77.4 cm³/mol. The van der Waals surface area contributed by atoms with Gasteiger partial charge in [-0.15, -0.1) is 0 Å². The summed E-state index contributed by atoms with van der Waals surface area (Å²) in [5.74, 6) is 0.0705. The summed E-state index contributed by atoms with van der Waals surface area (Å²) in [7, 11) is 0. The second-order valence-electron chi connectivity index (χ2n) is 5.10. The number of nitrogens with two attached hydrogens (primary N) is 1. The van der Waals surface area contributed by atoms with E-state index in [-0.39, 0.29) is 17.9 Å². The second kappa shape index (κ2) is 7.89. The minimum Gasteiger partial charge on any atom is -0.334 e. The van der Waals surface area contributed by atoms with Crippen molar-refractivity contribution < 1.29 is 4.79 Å². The average molecular weight is 263 g/mol. The maximum atomic E-state index is 12.5. The van der Waals surface area contributed by atoms with Crippen LogP contribution in [0.25, 0.3) is 0 Å². The molecule has 1 aromatic heterocycles. The van der Waals surface area contributed by atoms with Crippen LogP contribution in [0.3, 0.4) is 0 Å². The number of hydrogen-bond acceptors (Lipinski definition) is 3. The SMILES string of the molecule is CCCC(CN)C(=O)N(Cc1ccccn1)C(C)C. The predicted octanol–water partition coefficient (Wildman–Crippen LogP) is 2.19. The number of carbonyl (C=O) groups excluding carboxylic acids is 1. The van der Waals surface area contributed by atoms with Crippen molar-refractivity contribution in [2.45, 2.75) is 46.2 Å². The van der Waals surface area contributed by atoms with E-state index in [1.54, 1.807) is 6.20 Å². The van der Waals surface area contributed by atoms with Crippen LogP contribution in [-0.4, -0.2) is 28.4 Å². The van der Waals surface area contributed by atoms with E-state index in [9.17, 15) is 4.79 Å². The van der Waals surface area contributed by atoms with Crippen molar-refractivity contribution >= 4 is 5.91 Å². The highest BCUT2D eigenvalue weighted by Gasteiger charge is 2.24. The summed E-state index contributed by atoms with van der Waals surface area (Å²) >= 11 is 0.